The molecule has 1 N–H and O–H groups in total. The van der Waals surface area contributed by atoms with Gasteiger partial charge in [0.1, 0.15) is 6.61 Å². The zero-order valence-electron chi connectivity index (χ0n) is 11.8. The van der Waals surface area contributed by atoms with Gasteiger partial charge in [-0.1, -0.05) is 26.0 Å². The number of para-hydroxylation sites is 1. The summed E-state index contributed by atoms with van der Waals surface area (Å²) >= 11 is 0. The summed E-state index contributed by atoms with van der Waals surface area (Å²) in [7, 11) is 0. The molecule has 20 heavy (non-hydrogen) atoms. The van der Waals surface area contributed by atoms with Crippen LogP contribution in [-0.2, 0) is 13.1 Å². The Hall–Kier alpha value is -1.88. The summed E-state index contributed by atoms with van der Waals surface area (Å²) in [5, 5.41) is 3.27. The largest absolute Gasteiger partial charge is 0.488 e. The Morgan fingerprint density at radius 1 is 1.40 bits per heavy atom. The Kier molecular flexibility index (Phi) is 5.12. The van der Waals surface area contributed by atoms with Crippen LogP contribution in [0.3, 0.4) is 0 Å². The molecule has 1 heterocycles. The molecule has 0 amide bonds. The third-order valence-corrected chi connectivity index (χ3v) is 2.90. The molecule has 2 aromatic rings. The molecule has 1 aromatic heterocycles. The van der Waals surface area contributed by atoms with Crippen molar-refractivity contribution in [1.29, 1.82) is 0 Å². The van der Waals surface area contributed by atoms with Crippen molar-refractivity contribution in [3.63, 3.8) is 0 Å². The summed E-state index contributed by atoms with van der Waals surface area (Å²) in [5.74, 6) is 0.0134. The first-order valence-electron chi connectivity index (χ1n) is 6.76. The number of imidazole rings is 1. The topological polar surface area (TPSA) is 39.1 Å². The van der Waals surface area contributed by atoms with Gasteiger partial charge in [0.25, 0.3) is 0 Å². The van der Waals surface area contributed by atoms with Gasteiger partial charge in [0.05, 0.1) is 12.9 Å². The second-order valence-corrected chi connectivity index (χ2v) is 4.91. The van der Waals surface area contributed by atoms with Crippen molar-refractivity contribution < 1.29 is 9.13 Å². The Morgan fingerprint density at radius 2 is 2.25 bits per heavy atom. The van der Waals surface area contributed by atoms with Crippen LogP contribution < -0.4 is 10.1 Å². The van der Waals surface area contributed by atoms with Gasteiger partial charge in [-0.3, -0.25) is 0 Å². The van der Waals surface area contributed by atoms with Crippen molar-refractivity contribution >= 4 is 0 Å². The van der Waals surface area contributed by atoms with Crippen LogP contribution in [0.5, 0.6) is 5.75 Å². The SMILES string of the molecule is CC(C)NCc1cccc(F)c1OCCn1ccnc1. The first-order chi connectivity index (χ1) is 9.66. The lowest BCUT2D eigenvalue weighted by Gasteiger charge is -2.14. The predicted octanol–water partition coefficient (Wildman–Crippen LogP) is 2.60. The minimum absolute atomic E-state index is 0.321. The standard InChI is InChI=1S/C15H20FN3O/c1-12(2)18-10-13-4-3-5-14(16)15(13)20-9-8-19-7-6-17-11-19/h3-7,11-12,18H,8-10H2,1-2H3. The number of halogens is 1. The van der Waals surface area contributed by atoms with E-state index in [1.165, 1.54) is 6.07 Å². The Labute approximate surface area is 118 Å². The molecule has 108 valence electrons. The first kappa shape index (κ1) is 14.5. The van der Waals surface area contributed by atoms with Gasteiger partial charge in [-0.25, -0.2) is 9.37 Å². The minimum Gasteiger partial charge on any atom is -0.488 e. The smallest absolute Gasteiger partial charge is 0.165 e. The summed E-state index contributed by atoms with van der Waals surface area (Å²) in [6.45, 7) is 5.75. The molecule has 1 aromatic carbocycles. The highest BCUT2D eigenvalue weighted by atomic mass is 19.1. The van der Waals surface area contributed by atoms with E-state index in [4.69, 9.17) is 4.74 Å². The fraction of sp³-hybridized carbons (Fsp3) is 0.400. The lowest BCUT2D eigenvalue weighted by atomic mass is 10.2. The minimum atomic E-state index is -0.321. The number of benzene rings is 1. The van der Waals surface area contributed by atoms with Gasteiger partial charge in [0, 0.05) is 30.5 Å². The van der Waals surface area contributed by atoms with Crippen LogP contribution >= 0.6 is 0 Å². The van der Waals surface area contributed by atoms with Gasteiger partial charge in [-0.2, -0.15) is 0 Å². The van der Waals surface area contributed by atoms with Gasteiger partial charge < -0.3 is 14.6 Å². The molecule has 0 atom stereocenters. The molecule has 0 unspecified atom stereocenters. The fourth-order valence-corrected chi connectivity index (χ4v) is 1.84. The van der Waals surface area contributed by atoms with E-state index in [9.17, 15) is 4.39 Å². The average Bonchev–Trinajstić information content (AvgIpc) is 2.92. The summed E-state index contributed by atoms with van der Waals surface area (Å²) in [6.07, 6.45) is 5.28. The molecule has 0 aliphatic rings. The summed E-state index contributed by atoms with van der Waals surface area (Å²) < 4.78 is 21.4. The fourth-order valence-electron chi connectivity index (χ4n) is 1.84. The van der Waals surface area contributed by atoms with Crippen LogP contribution in [0.4, 0.5) is 4.39 Å². The van der Waals surface area contributed by atoms with Gasteiger partial charge in [-0.05, 0) is 6.07 Å². The van der Waals surface area contributed by atoms with Crippen LogP contribution in [0.2, 0.25) is 0 Å². The quantitative estimate of drug-likeness (QED) is 0.845. The molecular weight excluding hydrogens is 257 g/mol. The van der Waals surface area contributed by atoms with Crippen molar-refractivity contribution in [2.75, 3.05) is 6.61 Å². The molecule has 0 aliphatic heterocycles. The lowest BCUT2D eigenvalue weighted by Crippen LogP contribution is -2.22. The molecule has 2 rings (SSSR count). The Morgan fingerprint density at radius 3 is 2.95 bits per heavy atom. The third kappa shape index (κ3) is 4.06. The van der Waals surface area contributed by atoms with E-state index in [1.54, 1.807) is 18.6 Å². The predicted molar refractivity (Wildman–Crippen MR) is 76.1 cm³/mol. The Bertz CT molecular complexity index is 526. The van der Waals surface area contributed by atoms with Gasteiger partial charge >= 0.3 is 0 Å². The van der Waals surface area contributed by atoms with E-state index in [-0.39, 0.29) is 5.82 Å². The molecule has 5 heteroatoms. The highest BCUT2D eigenvalue weighted by Gasteiger charge is 2.10. The van der Waals surface area contributed by atoms with E-state index >= 15 is 0 Å². The van der Waals surface area contributed by atoms with Crippen molar-refractivity contribution in [2.24, 2.45) is 0 Å². The highest BCUT2D eigenvalue weighted by molar-refractivity contribution is 5.34. The maximum absolute atomic E-state index is 13.9. The molecule has 4 nitrogen and oxygen atoms in total. The monoisotopic (exact) mass is 277 g/mol. The number of hydrogen-bond acceptors (Lipinski definition) is 3. The highest BCUT2D eigenvalue weighted by Crippen LogP contribution is 2.22. The zero-order valence-corrected chi connectivity index (χ0v) is 11.8. The van der Waals surface area contributed by atoms with Crippen LogP contribution in [0.15, 0.2) is 36.9 Å². The van der Waals surface area contributed by atoms with Crippen LogP contribution in [0.25, 0.3) is 0 Å². The number of ether oxygens (including phenoxy) is 1. The van der Waals surface area contributed by atoms with E-state index < -0.39 is 0 Å². The average molecular weight is 277 g/mol. The number of nitrogens with zero attached hydrogens (tertiary/aromatic N) is 2. The van der Waals surface area contributed by atoms with Gasteiger partial charge in [-0.15, -0.1) is 0 Å². The molecule has 0 bridgehead atoms. The second kappa shape index (κ2) is 7.05. The van der Waals surface area contributed by atoms with Gasteiger partial charge in [0.15, 0.2) is 11.6 Å². The normalized spacial score (nSPS) is 11.0. The maximum Gasteiger partial charge on any atom is 0.165 e. The van der Waals surface area contributed by atoms with Crippen molar-refractivity contribution in [3.8, 4) is 5.75 Å². The molecule has 0 fully saturated rings. The van der Waals surface area contributed by atoms with Crippen LogP contribution in [0, 0.1) is 5.82 Å². The first-order valence-corrected chi connectivity index (χ1v) is 6.76. The number of rotatable bonds is 7. The van der Waals surface area contributed by atoms with E-state index in [2.05, 4.69) is 24.1 Å². The van der Waals surface area contributed by atoms with Crippen LogP contribution in [-0.4, -0.2) is 22.2 Å². The van der Waals surface area contributed by atoms with E-state index in [0.717, 1.165) is 5.56 Å². The van der Waals surface area contributed by atoms with Crippen molar-refractivity contribution in [1.82, 2.24) is 14.9 Å². The molecule has 0 saturated carbocycles. The van der Waals surface area contributed by atoms with Gasteiger partial charge in [0.2, 0.25) is 0 Å². The molecule has 0 radical (unpaired) electrons. The summed E-state index contributed by atoms with van der Waals surface area (Å²) in [5.41, 5.74) is 0.837. The molecule has 0 spiro atoms. The van der Waals surface area contributed by atoms with Crippen molar-refractivity contribution in [3.05, 3.63) is 48.3 Å². The summed E-state index contributed by atoms with van der Waals surface area (Å²) in [4.78, 5) is 3.96. The maximum atomic E-state index is 13.9. The van der Waals surface area contributed by atoms with E-state index in [0.29, 0.717) is 31.5 Å². The summed E-state index contributed by atoms with van der Waals surface area (Å²) in [6, 6.07) is 5.35. The van der Waals surface area contributed by atoms with E-state index in [1.807, 2.05) is 16.8 Å². The number of hydrogen-bond donors (Lipinski definition) is 1. The molecule has 0 aliphatic carbocycles. The number of aromatic nitrogens is 2. The number of nitrogens with one attached hydrogen (secondary N) is 1. The third-order valence-electron chi connectivity index (χ3n) is 2.90. The second-order valence-electron chi connectivity index (χ2n) is 4.91. The molecule has 0 saturated heterocycles. The Balaban J connectivity index is 1.97. The molecular formula is C15H20FN3O. The van der Waals surface area contributed by atoms with Crippen LogP contribution in [0.1, 0.15) is 19.4 Å². The lowest BCUT2D eigenvalue weighted by molar-refractivity contribution is 0.280. The zero-order chi connectivity index (χ0) is 14.4. The van der Waals surface area contributed by atoms with Crippen molar-refractivity contribution in [2.45, 2.75) is 33.0 Å².